The second kappa shape index (κ2) is 7.22. The lowest BCUT2D eigenvalue weighted by Gasteiger charge is -2.06. The van der Waals surface area contributed by atoms with Crippen molar-refractivity contribution in [2.24, 2.45) is 0 Å². The van der Waals surface area contributed by atoms with Crippen LogP contribution < -0.4 is 15.2 Å². The Bertz CT molecular complexity index is 1160. The van der Waals surface area contributed by atoms with Gasteiger partial charge in [-0.15, -0.1) is 0 Å². The third-order valence-corrected chi connectivity index (χ3v) is 4.38. The number of imidazole rings is 1. The van der Waals surface area contributed by atoms with Gasteiger partial charge in [0.1, 0.15) is 11.5 Å². The zero-order valence-electron chi connectivity index (χ0n) is 15.8. The lowest BCUT2D eigenvalue weighted by atomic mass is 10.2. The molecule has 144 valence electrons. The number of aromatic nitrogens is 4. The number of fused-ring (bicyclic) bond motifs is 1. The van der Waals surface area contributed by atoms with Crippen molar-refractivity contribution >= 4 is 11.0 Å². The van der Waals surface area contributed by atoms with E-state index in [0.29, 0.717) is 17.5 Å². The maximum atomic E-state index is 12.1. The summed E-state index contributed by atoms with van der Waals surface area (Å²) in [4.78, 5) is 19.4. The highest BCUT2D eigenvalue weighted by Crippen LogP contribution is 2.23. The molecule has 4 aromatic rings. The highest BCUT2D eigenvalue weighted by atomic mass is 16.5. The molecule has 0 radical (unpaired) electrons. The molecule has 0 unspecified atom stereocenters. The fourth-order valence-corrected chi connectivity index (χ4v) is 3.03. The number of hydrogen-bond donors (Lipinski definition) is 1. The number of methoxy groups -OCH3 is 1. The van der Waals surface area contributed by atoms with E-state index in [1.807, 2.05) is 44.2 Å². The predicted molar refractivity (Wildman–Crippen MR) is 104 cm³/mol. The minimum atomic E-state index is -0.135. The highest BCUT2D eigenvalue weighted by Gasteiger charge is 2.14. The molecule has 2 aromatic heterocycles. The van der Waals surface area contributed by atoms with Crippen molar-refractivity contribution in [2.45, 2.75) is 26.5 Å². The molecule has 0 aliphatic carbocycles. The van der Waals surface area contributed by atoms with Gasteiger partial charge in [0.25, 0.3) is 5.89 Å². The van der Waals surface area contributed by atoms with Crippen molar-refractivity contribution in [1.29, 1.82) is 0 Å². The van der Waals surface area contributed by atoms with Crippen LogP contribution >= 0.6 is 0 Å². The van der Waals surface area contributed by atoms with E-state index in [9.17, 15) is 4.79 Å². The summed E-state index contributed by atoms with van der Waals surface area (Å²) in [6, 6.07) is 12.9. The third kappa shape index (κ3) is 3.36. The van der Waals surface area contributed by atoms with Crippen LogP contribution in [0.2, 0.25) is 0 Å². The second-order valence-corrected chi connectivity index (χ2v) is 6.60. The van der Waals surface area contributed by atoms with Crippen molar-refractivity contribution in [1.82, 2.24) is 19.7 Å². The number of H-pyrrole nitrogens is 1. The van der Waals surface area contributed by atoms with Gasteiger partial charge in [0.2, 0.25) is 5.82 Å². The molecule has 8 heteroatoms. The molecule has 0 aliphatic rings. The Hall–Kier alpha value is -3.55. The van der Waals surface area contributed by atoms with Gasteiger partial charge in [-0.3, -0.25) is 4.57 Å². The first kappa shape index (κ1) is 17.8. The van der Waals surface area contributed by atoms with Gasteiger partial charge in [-0.05, 0) is 56.3 Å². The van der Waals surface area contributed by atoms with Crippen molar-refractivity contribution in [3.05, 3.63) is 58.8 Å². The zero-order chi connectivity index (χ0) is 19.7. The quantitative estimate of drug-likeness (QED) is 0.550. The molecule has 0 bridgehead atoms. The van der Waals surface area contributed by atoms with Crippen LogP contribution in [0.3, 0.4) is 0 Å². The summed E-state index contributed by atoms with van der Waals surface area (Å²) in [5.74, 6) is 2.23. The number of benzene rings is 2. The van der Waals surface area contributed by atoms with E-state index in [2.05, 4.69) is 15.1 Å². The summed E-state index contributed by atoms with van der Waals surface area (Å²) in [6.07, 6.45) is 0. The standard InChI is InChI=1S/C20H20N4O4/c1-12(2)24-17-9-4-13(10-16(17)21-20(24)25)19-22-18(28-23-19)11-27-15-7-5-14(26-3)6-8-15/h4-10,12H,11H2,1-3H3,(H,21,25). The number of aromatic amines is 1. The first-order valence-electron chi connectivity index (χ1n) is 8.89. The number of nitrogens with zero attached hydrogens (tertiary/aromatic N) is 3. The Labute approximate surface area is 160 Å². The first-order chi connectivity index (χ1) is 13.5. The second-order valence-electron chi connectivity index (χ2n) is 6.60. The normalized spacial score (nSPS) is 11.3. The van der Waals surface area contributed by atoms with Gasteiger partial charge in [-0.1, -0.05) is 5.16 Å². The van der Waals surface area contributed by atoms with Crippen LogP contribution in [0.4, 0.5) is 0 Å². The lowest BCUT2D eigenvalue weighted by Crippen LogP contribution is -2.18. The maximum absolute atomic E-state index is 12.1. The largest absolute Gasteiger partial charge is 0.497 e. The molecule has 4 rings (SSSR count). The molecule has 0 amide bonds. The Morgan fingerprint density at radius 3 is 2.61 bits per heavy atom. The van der Waals surface area contributed by atoms with E-state index < -0.39 is 0 Å². The lowest BCUT2D eigenvalue weighted by molar-refractivity contribution is 0.242. The van der Waals surface area contributed by atoms with Crippen LogP contribution in [0.1, 0.15) is 25.8 Å². The van der Waals surface area contributed by atoms with Crippen LogP contribution in [0.15, 0.2) is 51.8 Å². The minimum absolute atomic E-state index is 0.0685. The van der Waals surface area contributed by atoms with E-state index >= 15 is 0 Å². The smallest absolute Gasteiger partial charge is 0.326 e. The summed E-state index contributed by atoms with van der Waals surface area (Å²) < 4.78 is 17.8. The molecule has 0 saturated carbocycles. The SMILES string of the molecule is COc1ccc(OCc2nc(-c3ccc4c(c3)[nH]c(=O)n4C(C)C)no2)cc1. The molecule has 1 N–H and O–H groups in total. The van der Waals surface area contributed by atoms with Gasteiger partial charge < -0.3 is 19.0 Å². The topological polar surface area (TPSA) is 95.2 Å². The molecule has 2 heterocycles. The van der Waals surface area contributed by atoms with Crippen LogP contribution in [-0.4, -0.2) is 26.8 Å². The summed E-state index contributed by atoms with van der Waals surface area (Å²) in [5.41, 5.74) is 2.19. The number of rotatable bonds is 6. The maximum Gasteiger partial charge on any atom is 0.326 e. The van der Waals surface area contributed by atoms with Crippen LogP contribution in [0.25, 0.3) is 22.4 Å². The van der Waals surface area contributed by atoms with E-state index in [-0.39, 0.29) is 18.3 Å². The number of hydrogen-bond acceptors (Lipinski definition) is 6. The molecule has 8 nitrogen and oxygen atoms in total. The van der Waals surface area contributed by atoms with Crippen molar-refractivity contribution < 1.29 is 14.0 Å². The fraction of sp³-hybridized carbons (Fsp3) is 0.250. The molecule has 0 spiro atoms. The molecule has 2 aromatic carbocycles. The van der Waals surface area contributed by atoms with Crippen molar-refractivity contribution in [2.75, 3.05) is 7.11 Å². The zero-order valence-corrected chi connectivity index (χ0v) is 15.8. The van der Waals surface area contributed by atoms with Gasteiger partial charge in [0.15, 0.2) is 6.61 Å². The highest BCUT2D eigenvalue weighted by molar-refractivity contribution is 5.80. The van der Waals surface area contributed by atoms with Crippen molar-refractivity contribution in [3.63, 3.8) is 0 Å². The molecule has 0 atom stereocenters. The number of nitrogens with one attached hydrogen (secondary N) is 1. The molecule has 28 heavy (non-hydrogen) atoms. The summed E-state index contributed by atoms with van der Waals surface area (Å²) in [5, 5.41) is 4.01. The monoisotopic (exact) mass is 380 g/mol. The average molecular weight is 380 g/mol. The fourth-order valence-electron chi connectivity index (χ4n) is 3.03. The third-order valence-electron chi connectivity index (χ3n) is 4.38. The number of ether oxygens (including phenoxy) is 2. The summed E-state index contributed by atoms with van der Waals surface area (Å²) >= 11 is 0. The predicted octanol–water partition coefficient (Wildman–Crippen LogP) is 3.55. The Balaban J connectivity index is 1.52. The molecular weight excluding hydrogens is 360 g/mol. The minimum Gasteiger partial charge on any atom is -0.497 e. The van der Waals surface area contributed by atoms with E-state index in [4.69, 9.17) is 14.0 Å². The Morgan fingerprint density at radius 1 is 1.14 bits per heavy atom. The van der Waals surface area contributed by atoms with Gasteiger partial charge >= 0.3 is 5.69 Å². The molecule has 0 fully saturated rings. The van der Waals surface area contributed by atoms with E-state index in [0.717, 1.165) is 22.3 Å². The average Bonchev–Trinajstić information content (AvgIpc) is 3.29. The van der Waals surface area contributed by atoms with Gasteiger partial charge in [0.05, 0.1) is 18.1 Å². The van der Waals surface area contributed by atoms with Crippen molar-refractivity contribution in [3.8, 4) is 22.9 Å². The van der Waals surface area contributed by atoms with Crippen LogP contribution in [-0.2, 0) is 6.61 Å². The van der Waals surface area contributed by atoms with Crippen LogP contribution in [0, 0.1) is 0 Å². The van der Waals surface area contributed by atoms with E-state index in [1.54, 1.807) is 23.8 Å². The van der Waals surface area contributed by atoms with Gasteiger partial charge in [-0.25, -0.2) is 4.79 Å². The van der Waals surface area contributed by atoms with E-state index in [1.165, 1.54) is 0 Å². The summed E-state index contributed by atoms with van der Waals surface area (Å²) in [7, 11) is 1.61. The summed E-state index contributed by atoms with van der Waals surface area (Å²) in [6.45, 7) is 4.09. The van der Waals surface area contributed by atoms with Crippen LogP contribution in [0.5, 0.6) is 11.5 Å². The molecule has 0 saturated heterocycles. The molecular formula is C20H20N4O4. The molecule has 0 aliphatic heterocycles. The Kier molecular flexibility index (Phi) is 4.60. The Morgan fingerprint density at radius 2 is 1.89 bits per heavy atom. The first-order valence-corrected chi connectivity index (χ1v) is 8.89. The van der Waals surface area contributed by atoms with Gasteiger partial charge in [0, 0.05) is 11.6 Å². The van der Waals surface area contributed by atoms with Gasteiger partial charge in [-0.2, -0.15) is 4.98 Å².